The lowest BCUT2D eigenvalue weighted by atomic mass is 10.1. The smallest absolute Gasteiger partial charge is 0.339 e. The molecule has 0 bridgehead atoms. The Morgan fingerprint density at radius 2 is 1.93 bits per heavy atom. The summed E-state index contributed by atoms with van der Waals surface area (Å²) in [7, 11) is 2.83. The Hall–Kier alpha value is -1.39. The third-order valence-corrected chi connectivity index (χ3v) is 1.87. The van der Waals surface area contributed by atoms with Crippen molar-refractivity contribution >= 4 is 5.97 Å². The zero-order valence-electron chi connectivity index (χ0n) is 8.80. The summed E-state index contributed by atoms with van der Waals surface area (Å²) in [4.78, 5) is 11.4. The summed E-state index contributed by atoms with van der Waals surface area (Å²) >= 11 is 0. The number of esters is 1. The van der Waals surface area contributed by atoms with E-state index in [9.17, 15) is 4.79 Å². The molecule has 0 aromatic heterocycles. The molecule has 1 aromatic rings. The van der Waals surface area contributed by atoms with E-state index in [1.807, 2.05) is 18.2 Å². The van der Waals surface area contributed by atoms with Gasteiger partial charge >= 0.3 is 5.97 Å². The van der Waals surface area contributed by atoms with Crippen molar-refractivity contribution in [1.82, 2.24) is 0 Å². The van der Waals surface area contributed by atoms with Gasteiger partial charge in [0.15, 0.2) is 6.10 Å². The molecule has 0 aliphatic carbocycles. The molecule has 0 fully saturated rings. The third kappa shape index (κ3) is 3.34. The van der Waals surface area contributed by atoms with Crippen LogP contribution in [-0.2, 0) is 19.0 Å². The number of carbonyl (C=O) groups is 1. The molecule has 4 heteroatoms. The fourth-order valence-corrected chi connectivity index (χ4v) is 1.17. The quantitative estimate of drug-likeness (QED) is 0.546. The molecular weight excluding hydrogens is 196 g/mol. The van der Waals surface area contributed by atoms with Gasteiger partial charge in [0.1, 0.15) is 6.79 Å². The molecule has 0 spiro atoms. The first kappa shape index (κ1) is 11.7. The van der Waals surface area contributed by atoms with E-state index in [0.717, 1.165) is 5.56 Å². The maximum Gasteiger partial charge on any atom is 0.339 e. The highest BCUT2D eigenvalue weighted by atomic mass is 16.7. The summed E-state index contributed by atoms with van der Waals surface area (Å²) in [6.07, 6.45) is -0.726. The molecule has 0 aliphatic heterocycles. The molecule has 0 amide bonds. The molecule has 15 heavy (non-hydrogen) atoms. The largest absolute Gasteiger partial charge is 0.467 e. The lowest BCUT2D eigenvalue weighted by molar-refractivity contribution is -0.163. The molecule has 0 saturated carbocycles. The minimum absolute atomic E-state index is 0.0503. The first-order valence-corrected chi connectivity index (χ1v) is 4.53. The fourth-order valence-electron chi connectivity index (χ4n) is 1.17. The molecule has 1 unspecified atom stereocenters. The number of methoxy groups -OCH3 is 2. The van der Waals surface area contributed by atoms with Crippen LogP contribution in [0.5, 0.6) is 0 Å². The van der Waals surface area contributed by atoms with E-state index < -0.39 is 12.1 Å². The van der Waals surface area contributed by atoms with Crippen molar-refractivity contribution in [1.29, 1.82) is 0 Å². The molecule has 4 nitrogen and oxygen atoms in total. The molecule has 0 aliphatic rings. The number of hydrogen-bond acceptors (Lipinski definition) is 4. The summed E-state index contributed by atoms with van der Waals surface area (Å²) in [6, 6.07) is 9.14. The van der Waals surface area contributed by atoms with Crippen LogP contribution in [0.2, 0.25) is 0 Å². The molecule has 0 radical (unpaired) electrons. The summed E-state index contributed by atoms with van der Waals surface area (Å²) in [5.74, 6) is -0.432. The van der Waals surface area contributed by atoms with Gasteiger partial charge in [0.2, 0.25) is 0 Å². The standard InChI is InChI=1S/C11H14O4/c1-13-8-15-10(11(12)14-2)9-6-4-3-5-7-9/h3-7,10H,8H2,1-2H3. The van der Waals surface area contributed by atoms with Crippen LogP contribution in [0.3, 0.4) is 0 Å². The summed E-state index contributed by atoms with van der Waals surface area (Å²) in [5, 5.41) is 0. The van der Waals surface area contributed by atoms with E-state index in [1.165, 1.54) is 14.2 Å². The van der Waals surface area contributed by atoms with E-state index in [2.05, 4.69) is 4.74 Å². The Balaban J connectivity index is 2.76. The van der Waals surface area contributed by atoms with Crippen molar-refractivity contribution in [2.45, 2.75) is 6.10 Å². The van der Waals surface area contributed by atoms with E-state index >= 15 is 0 Å². The van der Waals surface area contributed by atoms with Gasteiger partial charge in [-0.15, -0.1) is 0 Å². The molecule has 1 rings (SSSR count). The molecule has 82 valence electrons. The average molecular weight is 210 g/mol. The highest BCUT2D eigenvalue weighted by Gasteiger charge is 2.21. The van der Waals surface area contributed by atoms with Crippen molar-refractivity contribution in [3.05, 3.63) is 35.9 Å². The Bertz CT molecular complexity index is 297. The maximum atomic E-state index is 11.4. The lowest BCUT2D eigenvalue weighted by Gasteiger charge is -2.14. The van der Waals surface area contributed by atoms with Crippen LogP contribution in [0.4, 0.5) is 0 Å². The first-order chi connectivity index (χ1) is 7.29. The van der Waals surface area contributed by atoms with Crippen molar-refractivity contribution in [3.8, 4) is 0 Å². The Morgan fingerprint density at radius 3 is 2.47 bits per heavy atom. The van der Waals surface area contributed by atoms with Crippen LogP contribution in [0, 0.1) is 0 Å². The van der Waals surface area contributed by atoms with Gasteiger partial charge in [0.05, 0.1) is 7.11 Å². The maximum absolute atomic E-state index is 11.4. The predicted octanol–water partition coefficient (Wildman–Crippen LogP) is 1.52. The summed E-state index contributed by atoms with van der Waals surface area (Å²) < 4.78 is 14.6. The Labute approximate surface area is 88.8 Å². The molecule has 0 heterocycles. The van der Waals surface area contributed by atoms with Gasteiger partial charge in [-0.05, 0) is 5.56 Å². The monoisotopic (exact) mass is 210 g/mol. The van der Waals surface area contributed by atoms with Crippen LogP contribution in [0.1, 0.15) is 11.7 Å². The highest BCUT2D eigenvalue weighted by Crippen LogP contribution is 2.18. The summed E-state index contributed by atoms with van der Waals surface area (Å²) in [6.45, 7) is 0.0503. The summed E-state index contributed by atoms with van der Waals surface area (Å²) in [5.41, 5.74) is 0.751. The highest BCUT2D eigenvalue weighted by molar-refractivity contribution is 5.76. The molecule has 1 atom stereocenters. The zero-order chi connectivity index (χ0) is 11.1. The number of rotatable bonds is 5. The van der Waals surface area contributed by atoms with Gasteiger partial charge in [-0.2, -0.15) is 0 Å². The number of hydrogen-bond donors (Lipinski definition) is 0. The first-order valence-electron chi connectivity index (χ1n) is 4.53. The zero-order valence-corrected chi connectivity index (χ0v) is 8.80. The second-order valence-electron chi connectivity index (χ2n) is 2.89. The SMILES string of the molecule is COCOC(C(=O)OC)c1ccccc1. The van der Waals surface area contributed by atoms with E-state index in [-0.39, 0.29) is 6.79 Å². The predicted molar refractivity (Wildman–Crippen MR) is 54.2 cm³/mol. The number of benzene rings is 1. The van der Waals surface area contributed by atoms with E-state index in [4.69, 9.17) is 9.47 Å². The van der Waals surface area contributed by atoms with E-state index in [1.54, 1.807) is 12.1 Å². The van der Waals surface area contributed by atoms with Gasteiger partial charge in [-0.25, -0.2) is 4.79 Å². The van der Waals surface area contributed by atoms with Gasteiger partial charge < -0.3 is 14.2 Å². The molecule has 0 N–H and O–H groups in total. The van der Waals surface area contributed by atoms with Crippen molar-refractivity contribution < 1.29 is 19.0 Å². The van der Waals surface area contributed by atoms with Crippen molar-refractivity contribution in [3.63, 3.8) is 0 Å². The minimum Gasteiger partial charge on any atom is -0.467 e. The normalized spacial score (nSPS) is 12.1. The van der Waals surface area contributed by atoms with Crippen LogP contribution < -0.4 is 0 Å². The molecule has 1 aromatic carbocycles. The topological polar surface area (TPSA) is 44.8 Å². The second kappa shape index (κ2) is 6.16. The van der Waals surface area contributed by atoms with E-state index in [0.29, 0.717) is 0 Å². The lowest BCUT2D eigenvalue weighted by Crippen LogP contribution is -2.18. The Morgan fingerprint density at radius 1 is 1.27 bits per heavy atom. The third-order valence-electron chi connectivity index (χ3n) is 1.87. The van der Waals surface area contributed by atoms with Gasteiger partial charge in [-0.3, -0.25) is 0 Å². The van der Waals surface area contributed by atoms with Crippen molar-refractivity contribution in [2.75, 3.05) is 21.0 Å². The van der Waals surface area contributed by atoms with Crippen LogP contribution in [0.15, 0.2) is 30.3 Å². The van der Waals surface area contributed by atoms with Gasteiger partial charge in [-0.1, -0.05) is 30.3 Å². The number of carbonyl (C=O) groups excluding carboxylic acids is 1. The second-order valence-corrected chi connectivity index (χ2v) is 2.89. The minimum atomic E-state index is -0.726. The van der Waals surface area contributed by atoms with Gasteiger partial charge in [0.25, 0.3) is 0 Å². The van der Waals surface area contributed by atoms with Crippen LogP contribution >= 0.6 is 0 Å². The average Bonchev–Trinajstić information content (AvgIpc) is 2.30. The molecular formula is C11H14O4. The van der Waals surface area contributed by atoms with Crippen LogP contribution in [0.25, 0.3) is 0 Å². The van der Waals surface area contributed by atoms with Crippen LogP contribution in [-0.4, -0.2) is 27.0 Å². The fraction of sp³-hybridized carbons (Fsp3) is 0.364. The number of ether oxygens (including phenoxy) is 3. The van der Waals surface area contributed by atoms with Gasteiger partial charge in [0, 0.05) is 7.11 Å². The molecule has 0 saturated heterocycles. The van der Waals surface area contributed by atoms with Crippen molar-refractivity contribution in [2.24, 2.45) is 0 Å². The Kier molecular flexibility index (Phi) is 4.80.